The van der Waals surface area contributed by atoms with E-state index in [0.29, 0.717) is 35.3 Å². The number of hydrogen-bond acceptors (Lipinski definition) is 4. The molecule has 3 aromatic heterocycles. The quantitative estimate of drug-likeness (QED) is 0.142. The second kappa shape index (κ2) is 19.3. The Bertz CT molecular complexity index is 6190. The standard InChI is InChI=1S/C80H52GeN6/c1-3-26-54(27-4-1)81(55-28-5-2-6-29-55,56-47-49-58(50-48-56)85-75-45-23-17-39-69(75)80(70-40-18-24-46-76(70)85)67-37-15-9-31-60(67)61-32-10-16-38-68(61)80)57-51-53-25-7-8-30-59(53)66(52-57)77-82-78(86-71-41-19-11-33-62(71)63-34-12-20-42-72(63)86)84-79(83-77)87-73-43-21-13-35-64(73)65-36-14-22-44-74(65)87/h1-52H/i11D,12D,13D,14D,19D,20D,21D,22D,33D,34D,35D,36D,41D,42D,43D,44D,47D,48D,49D,50D. The van der Waals surface area contributed by atoms with E-state index >= 15 is 0 Å². The van der Waals surface area contributed by atoms with Crippen molar-refractivity contribution in [1.82, 2.24) is 24.1 Å². The van der Waals surface area contributed by atoms with Crippen LogP contribution in [0.5, 0.6) is 0 Å². The van der Waals surface area contributed by atoms with Crippen LogP contribution < -0.4 is 22.5 Å². The average Bonchev–Trinajstić information content (AvgIpc) is 1.57. The molecule has 0 bridgehead atoms. The third kappa shape index (κ3) is 7.07. The molecule has 1 aliphatic heterocycles. The molecular formula is C80H52GeN6. The fourth-order valence-electron chi connectivity index (χ4n) is 13.8. The van der Waals surface area contributed by atoms with Crippen LogP contribution in [-0.4, -0.2) is 37.4 Å². The van der Waals surface area contributed by atoms with Crippen molar-refractivity contribution in [1.29, 1.82) is 0 Å². The van der Waals surface area contributed by atoms with Crippen LogP contribution in [0.2, 0.25) is 0 Å². The first kappa shape index (κ1) is 33.5. The Kier molecular flexibility index (Phi) is 7.44. The van der Waals surface area contributed by atoms with Gasteiger partial charge >= 0.3 is 536 Å². The van der Waals surface area contributed by atoms with Crippen LogP contribution >= 0.6 is 0 Å². The molecule has 0 saturated heterocycles. The van der Waals surface area contributed by atoms with Gasteiger partial charge in [-0.3, -0.25) is 0 Å². The molecule has 0 atom stereocenters. The normalized spacial score (nSPS) is 16.3. The Balaban J connectivity index is 0.970. The molecule has 18 rings (SSSR count). The summed E-state index contributed by atoms with van der Waals surface area (Å²) in [4.78, 5) is 17.3. The van der Waals surface area contributed by atoms with Gasteiger partial charge in [-0.05, 0) is 0 Å². The Morgan fingerprint density at radius 1 is 0.322 bits per heavy atom. The van der Waals surface area contributed by atoms with Gasteiger partial charge in [-0.15, -0.1) is 0 Å². The Hall–Kier alpha value is -10.9. The molecule has 6 nitrogen and oxygen atoms in total. The molecule has 0 amide bonds. The van der Waals surface area contributed by atoms with E-state index in [-0.39, 0.29) is 67.2 Å². The summed E-state index contributed by atoms with van der Waals surface area (Å²) >= 11 is -5.40. The second-order valence-electron chi connectivity index (χ2n) is 21.5. The number of aromatic nitrogens is 5. The second-order valence-corrected chi connectivity index (χ2v) is 29.3. The van der Waals surface area contributed by atoms with Crippen molar-refractivity contribution in [3.05, 3.63) is 337 Å². The fraction of sp³-hybridized carbons (Fsp3) is 0.0125. The van der Waals surface area contributed by atoms with E-state index in [0.717, 1.165) is 42.5 Å². The minimum absolute atomic E-state index is 0.000463. The van der Waals surface area contributed by atoms with Crippen molar-refractivity contribution in [3.63, 3.8) is 0 Å². The molecule has 0 N–H and O–H groups in total. The van der Waals surface area contributed by atoms with E-state index < -0.39 is 149 Å². The maximum atomic E-state index is 10.9. The zero-order valence-corrected chi connectivity index (χ0v) is 47.8. The zero-order valence-electron chi connectivity index (χ0n) is 65.7. The number of hydrogen-bond donors (Lipinski definition) is 0. The van der Waals surface area contributed by atoms with Gasteiger partial charge in [0.25, 0.3) is 0 Å². The first-order valence-corrected chi connectivity index (χ1v) is 32.4. The number of nitrogens with zero attached hydrogens (tertiary/aromatic N) is 6. The van der Waals surface area contributed by atoms with Crippen molar-refractivity contribution in [2.45, 2.75) is 5.41 Å². The summed E-state index contributed by atoms with van der Waals surface area (Å²) in [5.41, 5.74) is 4.87. The van der Waals surface area contributed by atoms with E-state index in [2.05, 4.69) is 36.4 Å². The number of rotatable bonds is 8. The van der Waals surface area contributed by atoms with Gasteiger partial charge < -0.3 is 0 Å². The summed E-state index contributed by atoms with van der Waals surface area (Å²) in [5, 5.41) is -0.421. The van der Waals surface area contributed by atoms with Crippen molar-refractivity contribution in [2.75, 3.05) is 4.90 Å². The van der Waals surface area contributed by atoms with Crippen LogP contribution in [0.4, 0.5) is 17.1 Å². The molecule has 0 fully saturated rings. The number of anilines is 3. The molecule has 4 heterocycles. The third-order valence-corrected chi connectivity index (χ3v) is 26.8. The molecule has 7 heteroatoms. The van der Waals surface area contributed by atoms with Crippen LogP contribution in [0.1, 0.15) is 49.7 Å². The summed E-state index contributed by atoms with van der Waals surface area (Å²) in [6, 6.07) is 49.1. The van der Waals surface area contributed by atoms with Gasteiger partial charge in [0.15, 0.2) is 0 Å². The van der Waals surface area contributed by atoms with Gasteiger partial charge in [-0.25, -0.2) is 0 Å². The van der Waals surface area contributed by atoms with Gasteiger partial charge in [0.05, 0.1) is 0 Å². The monoisotopic (exact) mass is 1190 g/mol. The predicted octanol–water partition coefficient (Wildman–Crippen LogP) is 16.4. The van der Waals surface area contributed by atoms with E-state index in [1.807, 2.05) is 138 Å². The molecule has 2 aliphatic rings. The average molecular weight is 1190 g/mol. The first-order chi connectivity index (χ1) is 51.5. The van der Waals surface area contributed by atoms with Crippen LogP contribution in [0.15, 0.2) is 315 Å². The summed E-state index contributed by atoms with van der Waals surface area (Å²) in [7, 11) is 0. The molecular weight excluding hydrogens is 1120 g/mol. The van der Waals surface area contributed by atoms with Gasteiger partial charge in [0, 0.05) is 0 Å². The summed E-state index contributed by atoms with van der Waals surface area (Å²) < 4.78 is 195. The SMILES string of the molecule is [2H]c1c([2H])[c]([Ge]([c]2ccccc2)([c]2ccccc2)[c]2cc(-c3nc(-n4c5c([2H])c([2H])c([2H])c([2H])c5c5c([2H])c([2H])c([2H])c([2H])c54)nc(-n4c5c([2H])c([2H])c([2H])c([2H])c5c5c([2H])c([2H])c([2H])c([2H])c54)n3)c3ccccc3c2)c([2H])c([2H])c1N1c2ccccc2C2(c3ccccc3-c3ccccc32)c2ccccc21. The summed E-state index contributed by atoms with van der Waals surface area (Å²) in [5.74, 6) is -1.49. The van der Waals surface area contributed by atoms with E-state index in [1.54, 1.807) is 24.3 Å². The Morgan fingerprint density at radius 3 is 1.23 bits per heavy atom. The molecule has 0 unspecified atom stereocenters. The van der Waals surface area contributed by atoms with Crippen molar-refractivity contribution in [3.8, 4) is 34.4 Å². The summed E-state index contributed by atoms with van der Waals surface area (Å²) in [6.45, 7) is 0. The topological polar surface area (TPSA) is 51.8 Å². The van der Waals surface area contributed by atoms with Gasteiger partial charge in [0.1, 0.15) is 0 Å². The molecule has 87 heavy (non-hydrogen) atoms. The molecule has 0 saturated carbocycles. The molecule has 406 valence electrons. The van der Waals surface area contributed by atoms with E-state index in [4.69, 9.17) is 25.9 Å². The molecule has 13 aromatic carbocycles. The fourth-order valence-corrected chi connectivity index (χ4v) is 23.3. The summed E-state index contributed by atoms with van der Waals surface area (Å²) in [6.07, 6.45) is 0. The first-order valence-electron chi connectivity index (χ1n) is 38.2. The van der Waals surface area contributed by atoms with Crippen LogP contribution in [-0.2, 0) is 5.41 Å². The van der Waals surface area contributed by atoms with Crippen LogP contribution in [0.25, 0.3) is 88.8 Å². The predicted molar refractivity (Wildman–Crippen MR) is 361 cm³/mol. The molecule has 1 aliphatic carbocycles. The molecule has 1 spiro atoms. The number of para-hydroxylation sites is 6. The Morgan fingerprint density at radius 2 is 0.736 bits per heavy atom. The molecule has 0 radical (unpaired) electrons. The van der Waals surface area contributed by atoms with E-state index in [9.17, 15) is 16.4 Å². The van der Waals surface area contributed by atoms with Crippen LogP contribution in [0.3, 0.4) is 0 Å². The van der Waals surface area contributed by atoms with Gasteiger partial charge in [0.2, 0.25) is 0 Å². The third-order valence-electron chi connectivity index (χ3n) is 17.3. The Labute approximate surface area is 533 Å². The minimum atomic E-state index is -5.40. The van der Waals surface area contributed by atoms with Gasteiger partial charge in [-0.1, -0.05) is 0 Å². The zero-order chi connectivity index (χ0) is 74.6. The number of fused-ring (bicyclic) bond motifs is 16. The maximum absolute atomic E-state index is 10.9. The van der Waals surface area contributed by atoms with Crippen molar-refractivity contribution in [2.24, 2.45) is 0 Å². The van der Waals surface area contributed by atoms with Gasteiger partial charge in [-0.2, -0.15) is 0 Å². The number of benzene rings is 13. The van der Waals surface area contributed by atoms with Crippen molar-refractivity contribution >= 4 is 102 Å². The molecule has 16 aromatic rings. The van der Waals surface area contributed by atoms with E-state index in [1.165, 1.54) is 0 Å². The van der Waals surface area contributed by atoms with Crippen LogP contribution in [0, 0.1) is 0 Å². The van der Waals surface area contributed by atoms with Crippen molar-refractivity contribution < 1.29 is 27.4 Å².